The Kier molecular flexibility index (Phi) is 8.20. The quantitative estimate of drug-likeness (QED) is 0.242. The van der Waals surface area contributed by atoms with Gasteiger partial charge in [0.1, 0.15) is 23.8 Å². The van der Waals surface area contributed by atoms with Crippen molar-refractivity contribution < 1.29 is 23.4 Å². The number of aryl methyl sites for hydroxylation is 2. The molecular weight excluding hydrogens is 466 g/mol. The monoisotopic (exact) mass is 495 g/mol. The van der Waals surface area contributed by atoms with E-state index in [2.05, 4.69) is 10.1 Å². The van der Waals surface area contributed by atoms with Crippen LogP contribution in [-0.4, -0.2) is 33.9 Å². The highest BCUT2D eigenvalue weighted by Crippen LogP contribution is 2.26. The molecule has 35 heavy (non-hydrogen) atoms. The first-order valence-corrected chi connectivity index (χ1v) is 12.5. The van der Waals surface area contributed by atoms with Crippen molar-refractivity contribution in [3.05, 3.63) is 70.6 Å². The Bertz CT molecular complexity index is 1230. The van der Waals surface area contributed by atoms with Gasteiger partial charge < -0.3 is 18.6 Å². The molecule has 0 fully saturated rings. The lowest BCUT2D eigenvalue weighted by Gasteiger charge is -2.06. The maximum atomic E-state index is 11.7. The number of carbonyl (C=O) groups is 1. The lowest BCUT2D eigenvalue weighted by atomic mass is 10.2. The molecule has 8 nitrogen and oxygen atoms in total. The number of ether oxygens (including phenoxy) is 3. The summed E-state index contributed by atoms with van der Waals surface area (Å²) in [7, 11) is 0. The summed E-state index contributed by atoms with van der Waals surface area (Å²) in [5.74, 6) is 2.47. The average molecular weight is 496 g/mol. The van der Waals surface area contributed by atoms with Crippen LogP contribution in [0.5, 0.6) is 11.6 Å². The molecule has 3 aromatic heterocycles. The van der Waals surface area contributed by atoms with Crippen molar-refractivity contribution in [3.8, 4) is 22.4 Å². The third-order valence-corrected chi connectivity index (χ3v) is 6.11. The van der Waals surface area contributed by atoms with E-state index in [1.54, 1.807) is 18.3 Å². The zero-order valence-corrected chi connectivity index (χ0v) is 21.0. The van der Waals surface area contributed by atoms with Gasteiger partial charge in [0.05, 0.1) is 24.6 Å². The van der Waals surface area contributed by atoms with Crippen LogP contribution in [0.2, 0.25) is 0 Å². The molecule has 1 aromatic carbocycles. The zero-order chi connectivity index (χ0) is 24.6. The topological polar surface area (TPSA) is 88.6 Å². The van der Waals surface area contributed by atoms with Gasteiger partial charge in [-0.05, 0) is 56.3 Å². The number of nitrogens with zero attached hydrogens (tertiary/aromatic N) is 3. The first-order valence-electron chi connectivity index (χ1n) is 11.6. The van der Waals surface area contributed by atoms with Gasteiger partial charge in [0.15, 0.2) is 0 Å². The van der Waals surface area contributed by atoms with Crippen molar-refractivity contribution in [2.24, 2.45) is 0 Å². The molecule has 0 saturated heterocycles. The van der Waals surface area contributed by atoms with Crippen LogP contribution in [0.15, 0.2) is 52.4 Å². The molecule has 9 heteroatoms. The second-order valence-corrected chi connectivity index (χ2v) is 8.77. The molecule has 0 amide bonds. The largest absolute Gasteiger partial charge is 0.487 e. The number of hydrogen-bond acceptors (Lipinski definition) is 8. The summed E-state index contributed by atoms with van der Waals surface area (Å²) in [6.45, 7) is 7.41. The first kappa shape index (κ1) is 24.5. The molecule has 0 aliphatic rings. The highest BCUT2D eigenvalue weighted by molar-refractivity contribution is 7.13. The van der Waals surface area contributed by atoms with Crippen LogP contribution in [0.3, 0.4) is 0 Å². The minimum atomic E-state index is -0.221. The van der Waals surface area contributed by atoms with Crippen LogP contribution in [0.25, 0.3) is 10.8 Å². The van der Waals surface area contributed by atoms with E-state index in [-0.39, 0.29) is 5.97 Å². The Labute approximate surface area is 208 Å². The van der Waals surface area contributed by atoms with E-state index in [4.69, 9.17) is 18.6 Å². The van der Waals surface area contributed by atoms with Gasteiger partial charge in [-0.3, -0.25) is 9.48 Å². The molecule has 0 radical (unpaired) electrons. The van der Waals surface area contributed by atoms with Crippen molar-refractivity contribution >= 4 is 17.3 Å². The Morgan fingerprint density at radius 3 is 2.66 bits per heavy atom. The molecule has 0 aliphatic heterocycles. The number of thiophene rings is 1. The van der Waals surface area contributed by atoms with Gasteiger partial charge in [0.25, 0.3) is 0 Å². The number of rotatable bonds is 12. The minimum absolute atomic E-state index is 0.221. The second kappa shape index (κ2) is 11.7. The molecule has 4 rings (SSSR count). The summed E-state index contributed by atoms with van der Waals surface area (Å²) < 4.78 is 24.2. The van der Waals surface area contributed by atoms with Gasteiger partial charge in [-0.1, -0.05) is 18.2 Å². The van der Waals surface area contributed by atoms with Crippen LogP contribution in [0.1, 0.15) is 42.8 Å². The molecular formula is C26H29N3O5S. The van der Waals surface area contributed by atoms with Crippen molar-refractivity contribution in [1.82, 2.24) is 14.8 Å². The first-order chi connectivity index (χ1) is 17.1. The van der Waals surface area contributed by atoms with Crippen molar-refractivity contribution in [2.75, 3.05) is 13.2 Å². The fourth-order valence-corrected chi connectivity index (χ4v) is 4.17. The van der Waals surface area contributed by atoms with Gasteiger partial charge in [0, 0.05) is 18.2 Å². The average Bonchev–Trinajstić information content (AvgIpc) is 3.59. The molecule has 0 spiro atoms. The number of hydrogen-bond donors (Lipinski definition) is 0. The number of oxazole rings is 1. The molecule has 0 N–H and O–H groups in total. The molecule has 3 heterocycles. The smallest absolute Gasteiger partial charge is 0.306 e. The summed E-state index contributed by atoms with van der Waals surface area (Å²) in [6, 6.07) is 11.8. The van der Waals surface area contributed by atoms with E-state index >= 15 is 0 Å². The van der Waals surface area contributed by atoms with Crippen LogP contribution < -0.4 is 9.47 Å². The van der Waals surface area contributed by atoms with E-state index < -0.39 is 0 Å². The molecule has 0 saturated carbocycles. The predicted molar refractivity (Wildman–Crippen MR) is 133 cm³/mol. The van der Waals surface area contributed by atoms with Crippen molar-refractivity contribution in [2.45, 2.75) is 46.8 Å². The maximum Gasteiger partial charge on any atom is 0.306 e. The molecule has 0 unspecified atom stereocenters. The minimum Gasteiger partial charge on any atom is -0.487 e. The maximum absolute atomic E-state index is 11.7. The van der Waals surface area contributed by atoms with E-state index in [9.17, 15) is 4.79 Å². The standard InChI is InChI=1S/C26H29N3O5S/c1-4-31-24(30)13-10-20-16-29(28-25(20)32-5-2)15-19-8-11-21(12-9-19)33-17-22-18(3)34-26(27-22)23-7-6-14-35-23/h6-9,11-12,14,16H,4-5,10,13,15,17H2,1-3H3. The second-order valence-electron chi connectivity index (χ2n) is 7.83. The van der Waals surface area contributed by atoms with E-state index in [0.29, 0.717) is 51.0 Å². The molecule has 4 aromatic rings. The van der Waals surface area contributed by atoms with Gasteiger partial charge in [-0.25, -0.2) is 4.98 Å². The van der Waals surface area contributed by atoms with Gasteiger partial charge in [0.2, 0.25) is 11.8 Å². The highest BCUT2D eigenvalue weighted by Gasteiger charge is 2.14. The molecule has 184 valence electrons. The summed E-state index contributed by atoms with van der Waals surface area (Å²) in [5.41, 5.74) is 2.75. The fourth-order valence-electron chi connectivity index (χ4n) is 3.52. The molecule has 0 aliphatic carbocycles. The van der Waals surface area contributed by atoms with Crippen LogP contribution >= 0.6 is 11.3 Å². The van der Waals surface area contributed by atoms with Gasteiger partial charge in [-0.2, -0.15) is 0 Å². The van der Waals surface area contributed by atoms with E-state index in [0.717, 1.165) is 33.2 Å². The Hall–Kier alpha value is -3.59. The van der Waals surface area contributed by atoms with Crippen molar-refractivity contribution in [1.29, 1.82) is 0 Å². The third kappa shape index (κ3) is 6.51. The summed E-state index contributed by atoms with van der Waals surface area (Å²) in [4.78, 5) is 17.3. The Balaban J connectivity index is 1.35. The van der Waals surface area contributed by atoms with Crippen LogP contribution in [0, 0.1) is 6.92 Å². The highest BCUT2D eigenvalue weighted by atomic mass is 32.1. The lowest BCUT2D eigenvalue weighted by Crippen LogP contribution is -2.05. The molecule has 0 bridgehead atoms. The van der Waals surface area contributed by atoms with Gasteiger partial charge >= 0.3 is 5.97 Å². The third-order valence-electron chi connectivity index (χ3n) is 5.25. The normalized spacial score (nSPS) is 10.9. The lowest BCUT2D eigenvalue weighted by molar-refractivity contribution is -0.143. The van der Waals surface area contributed by atoms with Crippen LogP contribution in [0.4, 0.5) is 0 Å². The number of benzene rings is 1. The van der Waals surface area contributed by atoms with E-state index in [1.807, 2.05) is 66.5 Å². The number of esters is 1. The van der Waals surface area contributed by atoms with Crippen LogP contribution in [-0.2, 0) is 29.1 Å². The summed E-state index contributed by atoms with van der Waals surface area (Å²) in [5, 5.41) is 6.54. The zero-order valence-electron chi connectivity index (χ0n) is 20.2. The number of aromatic nitrogens is 3. The number of carbonyl (C=O) groups excluding carboxylic acids is 1. The van der Waals surface area contributed by atoms with Gasteiger partial charge in [-0.15, -0.1) is 16.4 Å². The predicted octanol–water partition coefficient (Wildman–Crippen LogP) is 5.43. The Morgan fingerprint density at radius 1 is 1.11 bits per heavy atom. The molecule has 0 atom stereocenters. The summed E-state index contributed by atoms with van der Waals surface area (Å²) >= 11 is 1.59. The van der Waals surface area contributed by atoms with E-state index in [1.165, 1.54) is 0 Å². The van der Waals surface area contributed by atoms with Crippen molar-refractivity contribution in [3.63, 3.8) is 0 Å². The SMILES string of the molecule is CCOC(=O)CCc1cn(Cc2ccc(OCc3nc(-c4cccs4)oc3C)cc2)nc1OCC. The fraction of sp³-hybridized carbons (Fsp3) is 0.346. The Morgan fingerprint density at radius 2 is 1.94 bits per heavy atom. The summed E-state index contributed by atoms with van der Waals surface area (Å²) in [6.07, 6.45) is 2.75.